The molecule has 2 aliphatic rings. The van der Waals surface area contributed by atoms with Gasteiger partial charge in [0.25, 0.3) is 6.43 Å². The smallest absolute Gasteiger partial charge is 0.291 e. The lowest BCUT2D eigenvalue weighted by molar-refractivity contribution is 0.150. The highest BCUT2D eigenvalue weighted by molar-refractivity contribution is 7.89. The maximum absolute atomic E-state index is 13.5. The van der Waals surface area contributed by atoms with E-state index < -0.39 is 33.7 Å². The maximum Gasteiger partial charge on any atom is 0.291 e. The van der Waals surface area contributed by atoms with Gasteiger partial charge < -0.3 is 10.2 Å². The number of nitrogens with zero attached hydrogens (tertiary/aromatic N) is 5. The Hall–Kier alpha value is -2.00. The van der Waals surface area contributed by atoms with Gasteiger partial charge in [-0.2, -0.15) is 0 Å². The Labute approximate surface area is 202 Å². The summed E-state index contributed by atoms with van der Waals surface area (Å²) in [4.78, 5) is 6.18. The van der Waals surface area contributed by atoms with Gasteiger partial charge in [-0.1, -0.05) is 22.9 Å². The van der Waals surface area contributed by atoms with Crippen molar-refractivity contribution in [2.75, 3.05) is 31.2 Å². The highest BCUT2D eigenvalue weighted by Gasteiger charge is 2.46. The van der Waals surface area contributed by atoms with Crippen molar-refractivity contribution < 1.29 is 21.6 Å². The standard InChI is InChI=1S/C19H21ClF3N7O2S2/c1-10-7-29(5-4-24-10)12-6-11(34(31,32)28-19(9-21)2-3-19)8-30-13(12)14(20)25-16(30)18-27-26-17(33-18)15(22)23/h6,8,10,15,24,28H,2-5,7,9H2,1H3/t10-/m0/s1. The first-order chi connectivity index (χ1) is 16.1. The van der Waals surface area contributed by atoms with Crippen LogP contribution in [0, 0.1) is 0 Å². The number of hydrogen-bond donors (Lipinski definition) is 2. The molecule has 0 bridgehead atoms. The van der Waals surface area contributed by atoms with Crippen molar-refractivity contribution >= 4 is 44.2 Å². The molecule has 0 amide bonds. The van der Waals surface area contributed by atoms with Gasteiger partial charge >= 0.3 is 0 Å². The van der Waals surface area contributed by atoms with Gasteiger partial charge in [-0.05, 0) is 25.8 Å². The molecule has 3 aromatic rings. The molecule has 3 aromatic heterocycles. The first-order valence-electron chi connectivity index (χ1n) is 10.5. The van der Waals surface area contributed by atoms with E-state index in [0.717, 1.165) is 0 Å². The van der Waals surface area contributed by atoms with Crippen LogP contribution in [0.1, 0.15) is 31.2 Å². The van der Waals surface area contributed by atoms with Gasteiger partial charge in [0.05, 0.1) is 11.2 Å². The third-order valence-electron chi connectivity index (χ3n) is 5.95. The van der Waals surface area contributed by atoms with Crippen molar-refractivity contribution in [2.45, 2.75) is 42.7 Å². The molecule has 1 saturated carbocycles. The summed E-state index contributed by atoms with van der Waals surface area (Å²) in [6, 6.07) is 1.62. The van der Waals surface area contributed by atoms with Gasteiger partial charge in [0.1, 0.15) is 17.1 Å². The predicted octanol–water partition coefficient (Wildman–Crippen LogP) is 3.02. The van der Waals surface area contributed by atoms with Crippen molar-refractivity contribution in [3.63, 3.8) is 0 Å². The van der Waals surface area contributed by atoms with Crippen LogP contribution in [0.2, 0.25) is 5.15 Å². The molecule has 4 heterocycles. The quantitative estimate of drug-likeness (QED) is 0.479. The zero-order chi connectivity index (χ0) is 24.3. The minimum absolute atomic E-state index is 0.0711. The number of anilines is 1. The molecule has 1 aliphatic carbocycles. The first kappa shape index (κ1) is 23.7. The van der Waals surface area contributed by atoms with Gasteiger partial charge in [-0.25, -0.2) is 31.3 Å². The number of aromatic nitrogens is 4. The first-order valence-corrected chi connectivity index (χ1v) is 13.2. The van der Waals surface area contributed by atoms with E-state index in [1.165, 1.54) is 16.7 Å². The van der Waals surface area contributed by atoms with E-state index in [-0.39, 0.29) is 26.9 Å². The van der Waals surface area contributed by atoms with Crippen molar-refractivity contribution in [2.24, 2.45) is 0 Å². The number of halogens is 4. The highest BCUT2D eigenvalue weighted by Crippen LogP contribution is 2.39. The number of sulfonamides is 1. The number of rotatable bonds is 7. The zero-order valence-electron chi connectivity index (χ0n) is 17.9. The van der Waals surface area contributed by atoms with Crippen molar-refractivity contribution in [3.05, 3.63) is 22.4 Å². The van der Waals surface area contributed by atoms with Crippen molar-refractivity contribution in [1.82, 2.24) is 29.6 Å². The van der Waals surface area contributed by atoms with E-state index in [1.54, 1.807) is 0 Å². The largest absolute Gasteiger partial charge is 0.367 e. The fourth-order valence-electron chi connectivity index (χ4n) is 3.99. The summed E-state index contributed by atoms with van der Waals surface area (Å²) in [6.07, 6.45) is -0.674. The monoisotopic (exact) mass is 535 g/mol. The number of imidazole rings is 1. The predicted molar refractivity (Wildman–Crippen MR) is 122 cm³/mol. The van der Waals surface area contributed by atoms with Gasteiger partial charge in [0.2, 0.25) is 10.0 Å². The third-order valence-corrected chi connectivity index (χ3v) is 8.68. The summed E-state index contributed by atoms with van der Waals surface area (Å²) in [6.45, 7) is 3.02. The highest BCUT2D eigenvalue weighted by atomic mass is 35.5. The second-order valence-electron chi connectivity index (χ2n) is 8.57. The van der Waals surface area contributed by atoms with Crippen LogP contribution < -0.4 is 14.9 Å². The van der Waals surface area contributed by atoms with Crippen LogP contribution in [0.25, 0.3) is 16.3 Å². The molecule has 0 spiro atoms. The maximum atomic E-state index is 13.5. The van der Waals surface area contributed by atoms with Crippen LogP contribution in [-0.2, 0) is 10.0 Å². The summed E-state index contributed by atoms with van der Waals surface area (Å²) in [7, 11) is -4.11. The number of nitrogens with one attached hydrogen (secondary N) is 2. The van der Waals surface area contributed by atoms with E-state index in [0.29, 0.717) is 55.0 Å². The normalized spacial score (nSPS) is 20.4. The molecule has 2 fully saturated rings. The molecule has 184 valence electrons. The van der Waals surface area contributed by atoms with Gasteiger partial charge in [0.15, 0.2) is 21.0 Å². The van der Waals surface area contributed by atoms with Crippen LogP contribution in [0.15, 0.2) is 17.2 Å². The number of alkyl halides is 3. The number of hydrogen-bond acceptors (Lipinski definition) is 8. The second kappa shape index (κ2) is 8.59. The minimum Gasteiger partial charge on any atom is -0.367 e. The minimum atomic E-state index is -4.11. The lowest BCUT2D eigenvalue weighted by Gasteiger charge is -2.34. The number of fused-ring (bicyclic) bond motifs is 1. The van der Waals surface area contributed by atoms with E-state index >= 15 is 0 Å². The Morgan fingerprint density at radius 1 is 1.38 bits per heavy atom. The van der Waals surface area contributed by atoms with Gasteiger partial charge in [0, 0.05) is 31.9 Å². The topological polar surface area (TPSA) is 105 Å². The molecule has 34 heavy (non-hydrogen) atoms. The second-order valence-corrected chi connectivity index (χ2v) is 11.6. The molecule has 9 nitrogen and oxygen atoms in total. The molecule has 0 unspecified atom stereocenters. The van der Waals surface area contributed by atoms with Crippen molar-refractivity contribution in [3.8, 4) is 10.8 Å². The molecule has 1 aliphatic heterocycles. The van der Waals surface area contributed by atoms with Crippen LogP contribution in [-0.4, -0.2) is 65.9 Å². The van der Waals surface area contributed by atoms with Gasteiger partial charge in [-0.3, -0.25) is 4.40 Å². The molecule has 0 radical (unpaired) electrons. The van der Waals surface area contributed by atoms with E-state index in [1.807, 2.05) is 11.8 Å². The van der Waals surface area contributed by atoms with E-state index in [2.05, 4.69) is 25.2 Å². The van der Waals surface area contributed by atoms with E-state index in [4.69, 9.17) is 11.6 Å². The Morgan fingerprint density at radius 3 is 2.76 bits per heavy atom. The Morgan fingerprint density at radius 2 is 2.15 bits per heavy atom. The molecule has 1 atom stereocenters. The molecule has 1 saturated heterocycles. The average molecular weight is 536 g/mol. The SMILES string of the molecule is C[C@H]1CN(c2cc(S(=O)(=O)NC3(CF)CC3)cn3c(-c4nnc(C(F)F)s4)nc(Cl)c23)CCN1. The summed E-state index contributed by atoms with van der Waals surface area (Å²) < 4.78 is 70.0. The molecule has 0 aromatic carbocycles. The Bertz CT molecular complexity index is 1340. The Balaban J connectivity index is 1.69. The lowest BCUT2D eigenvalue weighted by atomic mass is 10.2. The van der Waals surface area contributed by atoms with Crippen LogP contribution >= 0.6 is 22.9 Å². The molecule has 5 rings (SSSR count). The fraction of sp³-hybridized carbons (Fsp3) is 0.526. The number of pyridine rings is 1. The average Bonchev–Trinajstić information content (AvgIpc) is 3.23. The Kier molecular flexibility index (Phi) is 5.99. The summed E-state index contributed by atoms with van der Waals surface area (Å²) in [5, 5.41) is 10.3. The summed E-state index contributed by atoms with van der Waals surface area (Å²) in [5.41, 5.74) is -0.146. The van der Waals surface area contributed by atoms with Crippen LogP contribution in [0.4, 0.5) is 18.9 Å². The van der Waals surface area contributed by atoms with Crippen LogP contribution in [0.5, 0.6) is 0 Å². The molecular weight excluding hydrogens is 515 g/mol. The summed E-state index contributed by atoms with van der Waals surface area (Å²) in [5.74, 6) is 0.0949. The van der Waals surface area contributed by atoms with E-state index in [9.17, 15) is 21.6 Å². The fourth-order valence-corrected chi connectivity index (χ4v) is 6.40. The third kappa shape index (κ3) is 4.26. The van der Waals surface area contributed by atoms with Gasteiger partial charge in [-0.15, -0.1) is 10.2 Å². The molecule has 2 N–H and O–H groups in total. The molecule has 15 heteroatoms. The number of piperazine rings is 1. The van der Waals surface area contributed by atoms with Crippen LogP contribution in [0.3, 0.4) is 0 Å². The van der Waals surface area contributed by atoms with Crippen molar-refractivity contribution in [1.29, 1.82) is 0 Å². The lowest BCUT2D eigenvalue weighted by Crippen LogP contribution is -2.49. The zero-order valence-corrected chi connectivity index (χ0v) is 20.3. The molecular formula is C19H21ClF3N7O2S2. The summed E-state index contributed by atoms with van der Waals surface area (Å²) >= 11 is 7.13.